The number of nitrogens with one attached hydrogen (secondary N) is 1. The summed E-state index contributed by atoms with van der Waals surface area (Å²) in [6, 6.07) is -1.10. The topological polar surface area (TPSA) is 157 Å². The molecule has 0 aliphatic carbocycles. The Balaban J connectivity index is 3.09. The third-order valence-electron chi connectivity index (χ3n) is 4.53. The fraction of sp³-hybridized carbons (Fsp3) is 0.875. The molecule has 0 saturated carbocycles. The Morgan fingerprint density at radius 3 is 2.36 bits per heavy atom. The number of carbonyl (C=O) groups is 2. The number of aliphatic hydroxyl groups excluding tert-OH is 4. The summed E-state index contributed by atoms with van der Waals surface area (Å²) in [6.45, 7) is 2.43. The lowest BCUT2D eigenvalue weighted by Crippen LogP contribution is -2.66. The van der Waals surface area contributed by atoms with E-state index in [-0.39, 0.29) is 0 Å². The first-order valence-electron chi connectivity index (χ1n) is 8.55. The Kier molecular flexibility index (Phi) is 8.74. The van der Waals surface area contributed by atoms with Crippen molar-refractivity contribution in [1.29, 1.82) is 0 Å². The molecule has 146 valence electrons. The summed E-state index contributed by atoms with van der Waals surface area (Å²) in [7, 11) is 0. The van der Waals surface area contributed by atoms with E-state index in [1.165, 1.54) is 6.92 Å². The van der Waals surface area contributed by atoms with Crippen LogP contribution < -0.4 is 5.32 Å². The normalized spacial score (nSPS) is 32.0. The lowest BCUT2D eigenvalue weighted by atomic mass is 9.80. The fourth-order valence-electron chi connectivity index (χ4n) is 3.21. The van der Waals surface area contributed by atoms with Crippen LogP contribution in [-0.2, 0) is 14.3 Å². The molecule has 0 aromatic rings. The first kappa shape index (κ1) is 21.8. The monoisotopic (exact) mass is 363 g/mol. The van der Waals surface area contributed by atoms with Crippen LogP contribution in [0, 0.1) is 5.92 Å². The zero-order chi connectivity index (χ0) is 19.1. The summed E-state index contributed by atoms with van der Waals surface area (Å²) in [5.74, 6) is -2.56. The van der Waals surface area contributed by atoms with E-state index in [1.807, 2.05) is 6.92 Å². The van der Waals surface area contributed by atoms with Crippen LogP contribution in [0.1, 0.15) is 39.5 Å². The summed E-state index contributed by atoms with van der Waals surface area (Å²) < 4.78 is 5.46. The highest BCUT2D eigenvalue weighted by molar-refractivity contribution is 5.74. The van der Waals surface area contributed by atoms with Gasteiger partial charge in [0.15, 0.2) is 6.10 Å². The number of amides is 1. The van der Waals surface area contributed by atoms with Crippen molar-refractivity contribution >= 4 is 11.9 Å². The Morgan fingerprint density at radius 1 is 1.24 bits per heavy atom. The number of aliphatic carboxylic acids is 1. The molecule has 6 N–H and O–H groups in total. The van der Waals surface area contributed by atoms with E-state index < -0.39 is 61.0 Å². The van der Waals surface area contributed by atoms with Gasteiger partial charge in [0.2, 0.25) is 5.91 Å². The van der Waals surface area contributed by atoms with Gasteiger partial charge in [0.05, 0.1) is 18.8 Å². The SMILES string of the molecule is CCCCC[C@H]1C(C(=O)O)OC([C@H](O)[C@H](O)CO)[C@H](NC(C)=O)[C@H]1O. The zero-order valence-corrected chi connectivity index (χ0v) is 14.5. The maximum Gasteiger partial charge on any atom is 0.333 e. The summed E-state index contributed by atoms with van der Waals surface area (Å²) in [5.41, 5.74) is 0. The van der Waals surface area contributed by atoms with Crippen molar-refractivity contribution in [3.8, 4) is 0 Å². The van der Waals surface area contributed by atoms with Crippen molar-refractivity contribution in [3.05, 3.63) is 0 Å². The molecule has 1 fully saturated rings. The number of carbonyl (C=O) groups excluding carboxylic acids is 1. The van der Waals surface area contributed by atoms with E-state index in [4.69, 9.17) is 9.84 Å². The van der Waals surface area contributed by atoms with Gasteiger partial charge in [-0.2, -0.15) is 0 Å². The summed E-state index contributed by atoms with van der Waals surface area (Å²) in [6.07, 6.45) is -4.46. The lowest BCUT2D eigenvalue weighted by Gasteiger charge is -2.45. The second-order valence-electron chi connectivity index (χ2n) is 6.48. The van der Waals surface area contributed by atoms with Gasteiger partial charge in [0.25, 0.3) is 0 Å². The van der Waals surface area contributed by atoms with Gasteiger partial charge in [-0.25, -0.2) is 4.79 Å². The largest absolute Gasteiger partial charge is 0.479 e. The highest BCUT2D eigenvalue weighted by Gasteiger charge is 2.51. The maximum atomic E-state index is 11.6. The van der Waals surface area contributed by atoms with Crippen molar-refractivity contribution in [3.63, 3.8) is 0 Å². The summed E-state index contributed by atoms with van der Waals surface area (Å²) >= 11 is 0. The molecule has 9 nitrogen and oxygen atoms in total. The Hall–Kier alpha value is -1.26. The predicted molar refractivity (Wildman–Crippen MR) is 86.6 cm³/mol. The second kappa shape index (κ2) is 10.0. The number of ether oxygens (including phenoxy) is 1. The van der Waals surface area contributed by atoms with Crippen LogP contribution in [0.25, 0.3) is 0 Å². The number of hydrogen-bond donors (Lipinski definition) is 6. The molecule has 1 heterocycles. The van der Waals surface area contributed by atoms with Gasteiger partial charge in [-0.15, -0.1) is 0 Å². The average Bonchev–Trinajstić information content (AvgIpc) is 2.56. The van der Waals surface area contributed by atoms with E-state index in [9.17, 15) is 30.0 Å². The zero-order valence-electron chi connectivity index (χ0n) is 14.5. The maximum absolute atomic E-state index is 11.6. The molecular weight excluding hydrogens is 334 g/mol. The molecule has 0 bridgehead atoms. The highest BCUT2D eigenvalue weighted by Crippen LogP contribution is 2.32. The van der Waals surface area contributed by atoms with E-state index in [2.05, 4.69) is 5.32 Å². The van der Waals surface area contributed by atoms with Gasteiger partial charge < -0.3 is 35.6 Å². The molecule has 0 radical (unpaired) electrons. The van der Waals surface area contributed by atoms with E-state index in [0.717, 1.165) is 12.8 Å². The first-order chi connectivity index (χ1) is 11.7. The van der Waals surface area contributed by atoms with E-state index in [1.54, 1.807) is 0 Å². The Bertz CT molecular complexity index is 446. The number of carboxylic acid groups (broad SMARTS) is 1. The van der Waals surface area contributed by atoms with Crippen LogP contribution >= 0.6 is 0 Å². The summed E-state index contributed by atoms with van der Waals surface area (Å²) in [4.78, 5) is 23.0. The summed E-state index contributed by atoms with van der Waals surface area (Å²) in [5, 5.41) is 51.4. The van der Waals surface area contributed by atoms with Gasteiger partial charge >= 0.3 is 5.97 Å². The van der Waals surface area contributed by atoms with Gasteiger partial charge in [-0.1, -0.05) is 26.2 Å². The quantitative estimate of drug-likeness (QED) is 0.274. The molecule has 1 amide bonds. The smallest absolute Gasteiger partial charge is 0.333 e. The Labute approximate surface area is 146 Å². The minimum Gasteiger partial charge on any atom is -0.479 e. The number of hydrogen-bond acceptors (Lipinski definition) is 7. The van der Waals surface area contributed by atoms with E-state index >= 15 is 0 Å². The van der Waals surface area contributed by atoms with Crippen LogP contribution in [0.4, 0.5) is 0 Å². The molecule has 0 spiro atoms. The molecule has 1 rings (SSSR count). The van der Waals surface area contributed by atoms with Crippen molar-refractivity contribution in [2.75, 3.05) is 6.61 Å². The molecule has 0 aromatic heterocycles. The van der Waals surface area contributed by atoms with Crippen LogP contribution in [0.2, 0.25) is 0 Å². The van der Waals surface area contributed by atoms with Crippen LogP contribution in [-0.4, -0.2) is 80.6 Å². The van der Waals surface area contributed by atoms with E-state index in [0.29, 0.717) is 12.8 Å². The fourth-order valence-corrected chi connectivity index (χ4v) is 3.21. The van der Waals surface area contributed by atoms with Crippen molar-refractivity contribution in [2.24, 2.45) is 5.92 Å². The molecular formula is C16H29NO8. The molecule has 25 heavy (non-hydrogen) atoms. The minimum absolute atomic E-state index is 0.382. The third-order valence-corrected chi connectivity index (χ3v) is 4.53. The van der Waals surface area contributed by atoms with Gasteiger partial charge in [0, 0.05) is 12.8 Å². The third kappa shape index (κ3) is 5.61. The molecule has 1 saturated heterocycles. The van der Waals surface area contributed by atoms with Gasteiger partial charge in [-0.05, 0) is 6.42 Å². The number of carboxylic acids is 1. The predicted octanol–water partition coefficient (Wildman–Crippen LogP) is -1.39. The second-order valence-corrected chi connectivity index (χ2v) is 6.48. The first-order valence-corrected chi connectivity index (χ1v) is 8.55. The van der Waals surface area contributed by atoms with Gasteiger partial charge in [0.1, 0.15) is 18.3 Å². The number of unbranched alkanes of at least 4 members (excludes halogenated alkanes) is 2. The molecule has 2 unspecified atom stereocenters. The standard InChI is InChI=1S/C16H29NO8/c1-3-4-5-6-9-12(21)11(17-8(2)19)15(13(22)10(20)7-18)25-14(9)16(23)24/h9-15,18,20-22H,3-7H2,1-2H3,(H,17,19)(H,23,24)/t9-,10-,11-,12+,13-,14?,15?/m1/s1. The van der Waals surface area contributed by atoms with Crippen LogP contribution in [0.5, 0.6) is 0 Å². The number of rotatable bonds is 9. The average molecular weight is 363 g/mol. The molecule has 0 aromatic carbocycles. The lowest BCUT2D eigenvalue weighted by molar-refractivity contribution is -0.214. The minimum atomic E-state index is -1.67. The van der Waals surface area contributed by atoms with Crippen molar-refractivity contribution in [2.45, 2.75) is 76.1 Å². The molecule has 9 heteroatoms. The number of aliphatic hydroxyl groups is 4. The highest BCUT2D eigenvalue weighted by atomic mass is 16.5. The van der Waals surface area contributed by atoms with Crippen molar-refractivity contribution < 1.29 is 39.9 Å². The molecule has 7 atom stereocenters. The van der Waals surface area contributed by atoms with Crippen LogP contribution in [0.15, 0.2) is 0 Å². The molecule has 1 aliphatic heterocycles. The Morgan fingerprint density at radius 2 is 1.88 bits per heavy atom. The van der Waals surface area contributed by atoms with Crippen LogP contribution in [0.3, 0.4) is 0 Å². The molecule has 1 aliphatic rings. The van der Waals surface area contributed by atoms with Gasteiger partial charge in [-0.3, -0.25) is 4.79 Å². The van der Waals surface area contributed by atoms with Crippen molar-refractivity contribution in [1.82, 2.24) is 5.32 Å².